The van der Waals surface area contributed by atoms with Crippen LogP contribution in [-0.4, -0.2) is 24.8 Å². The molecule has 1 heterocycles. The molecule has 0 saturated carbocycles. The van der Waals surface area contributed by atoms with Crippen molar-refractivity contribution in [2.75, 3.05) is 4.31 Å². The average molecular weight is 392 g/mol. The van der Waals surface area contributed by atoms with Crippen molar-refractivity contribution in [3.05, 3.63) is 64.8 Å². The van der Waals surface area contributed by atoms with E-state index >= 15 is 0 Å². The minimum absolute atomic E-state index is 0.0689. The Hall–Kier alpha value is -2.62. The molecule has 0 bridgehead atoms. The first-order valence-electron chi connectivity index (χ1n) is 7.34. The van der Waals surface area contributed by atoms with Gasteiger partial charge in [-0.25, -0.2) is 22.7 Å². The van der Waals surface area contributed by atoms with Crippen molar-refractivity contribution < 1.29 is 23.1 Å². The summed E-state index contributed by atoms with van der Waals surface area (Å²) in [6.07, 6.45) is 0. The summed E-state index contributed by atoms with van der Waals surface area (Å²) in [6.45, 7) is 1.76. The van der Waals surface area contributed by atoms with Crippen molar-refractivity contribution >= 4 is 40.1 Å². The second-order valence-corrected chi connectivity index (χ2v) is 7.31. The van der Waals surface area contributed by atoms with Crippen molar-refractivity contribution in [2.45, 2.75) is 6.92 Å². The van der Waals surface area contributed by atoms with Crippen LogP contribution in [0.2, 0.25) is 0 Å². The zero-order valence-corrected chi connectivity index (χ0v) is 15.1. The van der Waals surface area contributed by atoms with E-state index < -0.39 is 17.2 Å². The van der Waals surface area contributed by atoms with E-state index in [0.717, 1.165) is 4.31 Å². The van der Waals surface area contributed by atoms with Crippen molar-refractivity contribution in [1.82, 2.24) is 4.98 Å². The highest BCUT2D eigenvalue weighted by Crippen LogP contribution is 2.36. The lowest BCUT2D eigenvalue weighted by molar-refractivity contribution is 0.0697. The summed E-state index contributed by atoms with van der Waals surface area (Å²) >= 11 is -1.10. The number of benzene rings is 2. The molecular formula is C17H13FN2O4S2. The predicted octanol–water partition coefficient (Wildman–Crippen LogP) is 4.23. The van der Waals surface area contributed by atoms with Crippen LogP contribution in [0, 0.1) is 12.7 Å². The zero-order valence-electron chi connectivity index (χ0n) is 13.4. The number of carboxylic acids is 1. The molecule has 2 N–H and O–H groups in total. The molecule has 0 radical (unpaired) electrons. The monoisotopic (exact) mass is 392 g/mol. The van der Waals surface area contributed by atoms with E-state index in [1.807, 2.05) is 0 Å². The molecule has 0 aliphatic heterocycles. The summed E-state index contributed by atoms with van der Waals surface area (Å²) in [4.78, 5) is 16.1. The van der Waals surface area contributed by atoms with Crippen LogP contribution in [0.5, 0.6) is 0 Å². The van der Waals surface area contributed by atoms with Crippen molar-refractivity contribution in [3.63, 3.8) is 0 Å². The van der Waals surface area contributed by atoms with Crippen LogP contribution in [-0.2, 0) is 11.3 Å². The lowest BCUT2D eigenvalue weighted by Crippen LogP contribution is -2.20. The molecule has 0 fully saturated rings. The number of rotatable bonds is 5. The molecule has 26 heavy (non-hydrogen) atoms. The Labute approximate surface area is 155 Å². The Morgan fingerprint density at radius 1 is 1.15 bits per heavy atom. The fourth-order valence-electron chi connectivity index (χ4n) is 2.32. The van der Waals surface area contributed by atoms with Gasteiger partial charge >= 0.3 is 5.97 Å². The molecule has 1 aromatic heterocycles. The Balaban J connectivity index is 2.02. The van der Waals surface area contributed by atoms with Gasteiger partial charge in [-0.05, 0) is 55.5 Å². The van der Waals surface area contributed by atoms with Gasteiger partial charge in [0.1, 0.15) is 10.8 Å². The molecule has 3 aromatic rings. The lowest BCUT2D eigenvalue weighted by Gasteiger charge is -2.18. The molecule has 0 aliphatic carbocycles. The average Bonchev–Trinajstić information content (AvgIpc) is 2.97. The molecule has 0 saturated heterocycles. The standard InChI is InChI=1S/C17H13FN2O4S2/c1-10-15(19-16(25-10)11-2-6-13(18)7-3-11)20(26(23)24)14-8-4-12(5-9-14)17(21)22/h2-9H,1H3,(H,21,22)(H,23,24). The summed E-state index contributed by atoms with van der Waals surface area (Å²) < 4.78 is 35.8. The van der Waals surface area contributed by atoms with Gasteiger partial charge in [0.25, 0.3) is 11.3 Å². The van der Waals surface area contributed by atoms with E-state index in [0.29, 0.717) is 21.1 Å². The minimum atomic E-state index is -2.41. The van der Waals surface area contributed by atoms with Crippen LogP contribution in [0.15, 0.2) is 48.5 Å². The predicted molar refractivity (Wildman–Crippen MR) is 98.6 cm³/mol. The van der Waals surface area contributed by atoms with Crippen molar-refractivity contribution in [3.8, 4) is 10.6 Å². The number of carboxylic acid groups (broad SMARTS) is 1. The third kappa shape index (κ3) is 3.64. The molecular weight excluding hydrogens is 379 g/mol. The molecule has 3 rings (SSSR count). The van der Waals surface area contributed by atoms with Gasteiger partial charge in [-0.3, -0.25) is 4.55 Å². The number of hydrogen-bond donors (Lipinski definition) is 2. The van der Waals surface area contributed by atoms with E-state index in [9.17, 15) is 17.9 Å². The number of aryl methyl sites for hydroxylation is 1. The van der Waals surface area contributed by atoms with Gasteiger partial charge in [0.05, 0.1) is 11.3 Å². The second-order valence-electron chi connectivity index (χ2n) is 5.28. The van der Waals surface area contributed by atoms with E-state index in [1.54, 1.807) is 19.1 Å². The number of carbonyl (C=O) groups is 1. The van der Waals surface area contributed by atoms with Gasteiger partial charge < -0.3 is 5.11 Å². The zero-order chi connectivity index (χ0) is 18.8. The van der Waals surface area contributed by atoms with Crippen LogP contribution in [0.25, 0.3) is 10.6 Å². The number of hydrogen-bond acceptors (Lipinski definition) is 4. The van der Waals surface area contributed by atoms with Crippen LogP contribution in [0.4, 0.5) is 15.9 Å². The number of nitrogens with zero attached hydrogens (tertiary/aromatic N) is 2. The van der Waals surface area contributed by atoms with Crippen LogP contribution in [0.3, 0.4) is 0 Å². The van der Waals surface area contributed by atoms with Crippen LogP contribution >= 0.6 is 11.3 Å². The molecule has 1 atom stereocenters. The number of aromatic nitrogens is 1. The second kappa shape index (κ2) is 7.32. The summed E-state index contributed by atoms with van der Waals surface area (Å²) in [5.41, 5.74) is 1.09. The summed E-state index contributed by atoms with van der Waals surface area (Å²) in [7, 11) is 0. The van der Waals surface area contributed by atoms with Gasteiger partial charge in [-0.2, -0.15) is 0 Å². The highest BCUT2D eigenvalue weighted by atomic mass is 32.2. The molecule has 0 spiro atoms. The van der Waals surface area contributed by atoms with Gasteiger partial charge in [-0.1, -0.05) is 0 Å². The molecule has 9 heteroatoms. The van der Waals surface area contributed by atoms with Gasteiger partial charge in [0, 0.05) is 10.4 Å². The number of halogens is 1. The highest BCUT2D eigenvalue weighted by Gasteiger charge is 2.22. The maximum atomic E-state index is 13.1. The maximum absolute atomic E-state index is 13.1. The molecule has 134 valence electrons. The summed E-state index contributed by atoms with van der Waals surface area (Å²) in [6, 6.07) is 11.4. The number of thiazole rings is 1. The maximum Gasteiger partial charge on any atom is 0.335 e. The van der Waals surface area contributed by atoms with Crippen LogP contribution in [0.1, 0.15) is 15.2 Å². The van der Waals surface area contributed by atoms with Gasteiger partial charge in [0.2, 0.25) is 0 Å². The van der Waals surface area contributed by atoms with Crippen molar-refractivity contribution in [1.29, 1.82) is 0 Å². The Kier molecular flexibility index (Phi) is 5.12. The number of aromatic carboxylic acids is 1. The topological polar surface area (TPSA) is 90.7 Å². The first kappa shape index (κ1) is 18.2. The van der Waals surface area contributed by atoms with Crippen molar-refractivity contribution in [2.24, 2.45) is 0 Å². The number of anilines is 2. The Bertz CT molecular complexity index is 971. The SMILES string of the molecule is Cc1sc(-c2ccc(F)cc2)nc1N(c1ccc(C(=O)O)cc1)S(=O)O. The molecule has 2 aromatic carbocycles. The van der Waals surface area contributed by atoms with E-state index in [-0.39, 0.29) is 17.2 Å². The molecule has 6 nitrogen and oxygen atoms in total. The van der Waals surface area contributed by atoms with E-state index in [4.69, 9.17) is 5.11 Å². The largest absolute Gasteiger partial charge is 0.478 e. The fourth-order valence-corrected chi connectivity index (χ4v) is 3.91. The van der Waals surface area contributed by atoms with Gasteiger partial charge in [-0.15, -0.1) is 11.3 Å². The molecule has 0 aliphatic rings. The lowest BCUT2D eigenvalue weighted by atomic mass is 10.2. The van der Waals surface area contributed by atoms with E-state index in [2.05, 4.69) is 4.98 Å². The van der Waals surface area contributed by atoms with Gasteiger partial charge in [0.15, 0.2) is 5.82 Å². The first-order chi connectivity index (χ1) is 12.4. The third-order valence-corrected chi connectivity index (χ3v) is 5.27. The van der Waals surface area contributed by atoms with E-state index in [1.165, 1.54) is 47.7 Å². The normalized spacial score (nSPS) is 12.0. The smallest absolute Gasteiger partial charge is 0.335 e. The Morgan fingerprint density at radius 3 is 2.31 bits per heavy atom. The minimum Gasteiger partial charge on any atom is -0.478 e. The first-order valence-corrected chi connectivity index (χ1v) is 9.22. The van der Waals surface area contributed by atoms with Crippen LogP contribution < -0.4 is 4.31 Å². The molecule has 1 unspecified atom stereocenters. The highest BCUT2D eigenvalue weighted by molar-refractivity contribution is 7.81. The quantitative estimate of drug-likeness (QED) is 0.634. The summed E-state index contributed by atoms with van der Waals surface area (Å²) in [5.74, 6) is -1.17. The Morgan fingerprint density at radius 2 is 1.77 bits per heavy atom. The fraction of sp³-hybridized carbons (Fsp3) is 0.0588. The summed E-state index contributed by atoms with van der Waals surface area (Å²) in [5, 5.41) is 9.55. The molecule has 0 amide bonds. The third-order valence-electron chi connectivity index (χ3n) is 3.56.